The highest BCUT2D eigenvalue weighted by atomic mass is 35.5. The molecule has 0 spiro atoms. The third kappa shape index (κ3) is 4.36. The summed E-state index contributed by atoms with van der Waals surface area (Å²) < 4.78 is 0. The molecule has 27 heavy (non-hydrogen) atoms. The Morgan fingerprint density at radius 1 is 1.15 bits per heavy atom. The van der Waals surface area contributed by atoms with Crippen molar-refractivity contribution in [2.75, 3.05) is 11.9 Å². The first-order valence-electron chi connectivity index (χ1n) is 8.34. The molecular formula is C17H19Cl2N5O3. The third-order valence-corrected chi connectivity index (χ3v) is 5.01. The number of rotatable bonds is 5. The van der Waals surface area contributed by atoms with E-state index in [1.54, 1.807) is 31.2 Å². The second-order valence-corrected chi connectivity index (χ2v) is 7.09. The summed E-state index contributed by atoms with van der Waals surface area (Å²) in [5.74, 6) is 0.258. The SMILES string of the molecule is Cc1nc(Cl)c(N=Nc2ccccc2Cl)c(N[C@@H]2C[C@H](CO)[C@@H](O)[C@H]2O)n1. The van der Waals surface area contributed by atoms with Crippen molar-refractivity contribution in [1.29, 1.82) is 0 Å². The lowest BCUT2D eigenvalue weighted by atomic mass is 10.1. The number of benzene rings is 1. The summed E-state index contributed by atoms with van der Waals surface area (Å²) in [6, 6.07) is 6.41. The Kier molecular flexibility index (Phi) is 6.23. The van der Waals surface area contributed by atoms with E-state index in [1.165, 1.54) is 0 Å². The van der Waals surface area contributed by atoms with Gasteiger partial charge in [0.25, 0.3) is 0 Å². The molecule has 1 aliphatic carbocycles. The summed E-state index contributed by atoms with van der Waals surface area (Å²) >= 11 is 12.3. The van der Waals surface area contributed by atoms with Gasteiger partial charge >= 0.3 is 0 Å². The van der Waals surface area contributed by atoms with Crippen molar-refractivity contribution in [1.82, 2.24) is 9.97 Å². The van der Waals surface area contributed by atoms with Gasteiger partial charge in [0.05, 0.1) is 17.2 Å². The van der Waals surface area contributed by atoms with E-state index in [1.807, 2.05) is 0 Å². The molecule has 1 fully saturated rings. The van der Waals surface area contributed by atoms with Gasteiger partial charge in [-0.05, 0) is 25.5 Å². The monoisotopic (exact) mass is 411 g/mol. The van der Waals surface area contributed by atoms with Crippen LogP contribution >= 0.6 is 23.2 Å². The van der Waals surface area contributed by atoms with Crippen LogP contribution in [0.25, 0.3) is 0 Å². The summed E-state index contributed by atoms with van der Waals surface area (Å²) in [5, 5.41) is 41.3. The van der Waals surface area contributed by atoms with E-state index in [0.29, 0.717) is 23.0 Å². The molecule has 0 aliphatic heterocycles. The zero-order valence-corrected chi connectivity index (χ0v) is 15.9. The maximum Gasteiger partial charge on any atom is 0.165 e. The van der Waals surface area contributed by atoms with Gasteiger partial charge in [0.2, 0.25) is 0 Å². The topological polar surface area (TPSA) is 123 Å². The fourth-order valence-electron chi connectivity index (χ4n) is 2.98. The summed E-state index contributed by atoms with van der Waals surface area (Å²) in [4.78, 5) is 8.38. The van der Waals surface area contributed by atoms with Crippen LogP contribution in [0.5, 0.6) is 0 Å². The van der Waals surface area contributed by atoms with E-state index in [9.17, 15) is 15.3 Å². The lowest BCUT2D eigenvalue weighted by Gasteiger charge is -2.19. The smallest absolute Gasteiger partial charge is 0.165 e. The van der Waals surface area contributed by atoms with E-state index in [-0.39, 0.29) is 23.3 Å². The predicted molar refractivity (Wildman–Crippen MR) is 102 cm³/mol. The molecular weight excluding hydrogens is 393 g/mol. The van der Waals surface area contributed by atoms with Gasteiger partial charge < -0.3 is 20.6 Å². The number of anilines is 1. The Labute approximate surface area is 165 Å². The van der Waals surface area contributed by atoms with Gasteiger partial charge in [-0.3, -0.25) is 0 Å². The molecule has 3 rings (SSSR count). The van der Waals surface area contributed by atoms with Crippen LogP contribution in [0.2, 0.25) is 10.2 Å². The average Bonchev–Trinajstić information content (AvgIpc) is 2.90. The molecule has 8 nitrogen and oxygen atoms in total. The second-order valence-electron chi connectivity index (χ2n) is 6.32. The van der Waals surface area contributed by atoms with E-state index in [4.69, 9.17) is 23.2 Å². The Balaban J connectivity index is 1.91. The summed E-state index contributed by atoms with van der Waals surface area (Å²) in [5.41, 5.74) is 0.648. The van der Waals surface area contributed by atoms with E-state index >= 15 is 0 Å². The number of azo groups is 1. The highest BCUT2D eigenvalue weighted by Gasteiger charge is 2.41. The van der Waals surface area contributed by atoms with E-state index in [0.717, 1.165) is 0 Å². The number of nitrogens with zero attached hydrogens (tertiary/aromatic N) is 4. The van der Waals surface area contributed by atoms with Crippen LogP contribution in [0.15, 0.2) is 34.5 Å². The Bertz CT molecular complexity index is 851. The molecule has 0 unspecified atom stereocenters. The molecule has 10 heteroatoms. The quantitative estimate of drug-likeness (QED) is 0.442. The van der Waals surface area contributed by atoms with Gasteiger partial charge in [0.15, 0.2) is 16.7 Å². The molecule has 1 aromatic carbocycles. The van der Waals surface area contributed by atoms with Crippen molar-refractivity contribution in [3.05, 3.63) is 40.3 Å². The highest BCUT2D eigenvalue weighted by Crippen LogP contribution is 2.36. The fourth-order valence-corrected chi connectivity index (χ4v) is 3.41. The van der Waals surface area contributed by atoms with Gasteiger partial charge in [-0.15, -0.1) is 10.2 Å². The minimum Gasteiger partial charge on any atom is -0.396 e. The van der Waals surface area contributed by atoms with Crippen LogP contribution in [0.3, 0.4) is 0 Å². The molecule has 0 bridgehead atoms. The molecule has 1 aliphatic rings. The molecule has 4 atom stereocenters. The van der Waals surface area contributed by atoms with E-state index < -0.39 is 24.2 Å². The molecule has 2 aromatic rings. The molecule has 0 saturated heterocycles. The Morgan fingerprint density at radius 2 is 1.89 bits per heavy atom. The summed E-state index contributed by atoms with van der Waals surface area (Å²) in [7, 11) is 0. The number of nitrogens with one attached hydrogen (secondary N) is 1. The number of hydrogen-bond donors (Lipinski definition) is 4. The first-order chi connectivity index (χ1) is 12.9. The van der Waals surface area contributed by atoms with Crippen molar-refractivity contribution in [2.24, 2.45) is 16.1 Å². The number of hydrogen-bond acceptors (Lipinski definition) is 8. The lowest BCUT2D eigenvalue weighted by molar-refractivity contribution is 0.00446. The Morgan fingerprint density at radius 3 is 2.56 bits per heavy atom. The molecule has 144 valence electrons. The molecule has 4 N–H and O–H groups in total. The molecule has 1 saturated carbocycles. The zero-order chi connectivity index (χ0) is 19.6. The second kappa shape index (κ2) is 8.45. The van der Waals surface area contributed by atoms with Gasteiger partial charge in [0, 0.05) is 12.5 Å². The molecule has 1 aromatic heterocycles. The van der Waals surface area contributed by atoms with Crippen molar-refractivity contribution in [3.8, 4) is 0 Å². The van der Waals surface area contributed by atoms with Crippen LogP contribution in [-0.2, 0) is 0 Å². The highest BCUT2D eigenvalue weighted by molar-refractivity contribution is 6.33. The number of aryl methyl sites for hydroxylation is 1. The van der Waals surface area contributed by atoms with Crippen molar-refractivity contribution in [2.45, 2.75) is 31.6 Å². The van der Waals surface area contributed by atoms with Crippen molar-refractivity contribution < 1.29 is 15.3 Å². The maximum atomic E-state index is 10.2. The van der Waals surface area contributed by atoms with Crippen LogP contribution < -0.4 is 5.32 Å². The minimum absolute atomic E-state index is 0.0903. The predicted octanol–water partition coefficient (Wildman–Crippen LogP) is 3.02. The van der Waals surface area contributed by atoms with E-state index in [2.05, 4.69) is 25.5 Å². The fraction of sp³-hybridized carbons (Fsp3) is 0.412. The first kappa shape index (κ1) is 19.9. The first-order valence-corrected chi connectivity index (χ1v) is 9.10. The normalized spacial score (nSPS) is 25.3. The van der Waals surface area contributed by atoms with Gasteiger partial charge in [0.1, 0.15) is 17.6 Å². The van der Waals surface area contributed by atoms with Crippen LogP contribution in [0.4, 0.5) is 17.2 Å². The molecule has 1 heterocycles. The van der Waals surface area contributed by atoms with Crippen LogP contribution in [0.1, 0.15) is 12.2 Å². The largest absolute Gasteiger partial charge is 0.396 e. The average molecular weight is 412 g/mol. The summed E-state index contributed by atoms with van der Waals surface area (Å²) in [6.07, 6.45) is -1.73. The van der Waals surface area contributed by atoms with Crippen LogP contribution in [0, 0.1) is 12.8 Å². The number of aromatic nitrogens is 2. The van der Waals surface area contributed by atoms with Gasteiger partial charge in [-0.2, -0.15) is 0 Å². The standard InChI is InChI=1S/C17H19Cl2N5O3/c1-8-20-16(19)13(24-23-11-5-3-2-4-10(11)18)17(21-8)22-12-6-9(7-25)14(26)15(12)27/h2-5,9,12,14-15,25-27H,6-7H2,1H3,(H,20,21,22)/t9-,12-,14-,15+/m1/s1. The molecule has 0 radical (unpaired) electrons. The van der Waals surface area contributed by atoms with Gasteiger partial charge in [-0.1, -0.05) is 35.3 Å². The molecule has 0 amide bonds. The maximum absolute atomic E-state index is 10.2. The lowest BCUT2D eigenvalue weighted by Crippen LogP contribution is -2.35. The number of aliphatic hydroxyl groups excluding tert-OH is 3. The zero-order valence-electron chi connectivity index (χ0n) is 14.4. The number of halogens is 2. The Hall–Kier alpha value is -1.84. The van der Waals surface area contributed by atoms with Crippen LogP contribution in [-0.4, -0.2) is 50.1 Å². The number of aliphatic hydroxyl groups is 3. The summed E-state index contributed by atoms with van der Waals surface area (Å²) in [6.45, 7) is 1.45. The van der Waals surface area contributed by atoms with Crippen molar-refractivity contribution >= 4 is 40.4 Å². The minimum atomic E-state index is -1.07. The third-order valence-electron chi connectivity index (χ3n) is 4.42. The van der Waals surface area contributed by atoms with Crippen molar-refractivity contribution in [3.63, 3.8) is 0 Å². The van der Waals surface area contributed by atoms with Gasteiger partial charge in [-0.25, -0.2) is 9.97 Å².